The number of hydrogen-bond donors (Lipinski definition) is 0. The molecule has 0 aliphatic carbocycles. The van der Waals surface area contributed by atoms with Crippen LogP contribution < -0.4 is 0 Å². The van der Waals surface area contributed by atoms with Crippen LogP contribution in [0.15, 0.2) is 12.1 Å². The number of ether oxygens (including phenoxy) is 1. The maximum absolute atomic E-state index is 13.9. The number of carbonyl (C=O) groups excluding carboxylic acids is 1. The van der Waals surface area contributed by atoms with Crippen molar-refractivity contribution in [1.29, 1.82) is 0 Å². The quantitative estimate of drug-likeness (QED) is 0.465. The number of rotatable bonds is 4. The maximum Gasteiger partial charge on any atom is 0.310 e. The lowest BCUT2D eigenvalue weighted by Crippen LogP contribution is -2.09. The topological polar surface area (TPSA) is 52.1 Å². The number of aromatic nitrogens is 2. The first-order chi connectivity index (χ1) is 12.3. The van der Waals surface area contributed by atoms with Crippen molar-refractivity contribution in [3.8, 4) is 0 Å². The lowest BCUT2D eigenvalue weighted by atomic mass is 10.0. The van der Waals surface area contributed by atoms with Crippen molar-refractivity contribution < 1.29 is 22.7 Å². The van der Waals surface area contributed by atoms with Crippen LogP contribution in [-0.2, 0) is 22.4 Å². The molecule has 0 radical (unpaired) electrons. The summed E-state index contributed by atoms with van der Waals surface area (Å²) in [7, 11) is 1.31. The van der Waals surface area contributed by atoms with E-state index >= 15 is 0 Å². The molecule has 0 saturated heterocycles. The zero-order valence-corrected chi connectivity index (χ0v) is 16.4. The van der Waals surface area contributed by atoms with Crippen molar-refractivity contribution in [2.45, 2.75) is 26.7 Å². The number of fused-ring (bicyclic) bond motifs is 1. The van der Waals surface area contributed by atoms with Crippen LogP contribution in [0.2, 0.25) is 0 Å². The molecule has 27 heavy (non-hydrogen) atoms. The zero-order valence-electron chi connectivity index (χ0n) is 14.7. The van der Waals surface area contributed by atoms with Crippen LogP contribution in [0.4, 0.5) is 13.2 Å². The van der Waals surface area contributed by atoms with Crippen LogP contribution >= 0.6 is 23.7 Å². The van der Waals surface area contributed by atoms with Gasteiger partial charge in [-0.05, 0) is 25.0 Å². The summed E-state index contributed by atoms with van der Waals surface area (Å²) < 4.78 is 45.7. The van der Waals surface area contributed by atoms with E-state index in [1.165, 1.54) is 7.11 Å². The average molecular weight is 417 g/mol. The van der Waals surface area contributed by atoms with Crippen molar-refractivity contribution in [3.05, 3.63) is 57.1 Å². The molecule has 0 saturated carbocycles. The van der Waals surface area contributed by atoms with Crippen molar-refractivity contribution in [3.63, 3.8) is 0 Å². The van der Waals surface area contributed by atoms with Gasteiger partial charge in [-0.3, -0.25) is 9.78 Å². The highest BCUT2D eigenvalue weighted by atomic mass is 35.5. The number of methoxy groups -OCH3 is 1. The molecule has 0 atom stereocenters. The van der Waals surface area contributed by atoms with E-state index in [0.717, 1.165) is 22.6 Å². The van der Waals surface area contributed by atoms with Gasteiger partial charge in [0.25, 0.3) is 0 Å². The Balaban J connectivity index is 0.00000261. The molecule has 0 bridgehead atoms. The minimum atomic E-state index is -1.26. The zero-order chi connectivity index (χ0) is 19.0. The largest absolute Gasteiger partial charge is 0.469 e. The number of aryl methyl sites for hydroxylation is 2. The van der Waals surface area contributed by atoms with E-state index in [1.807, 2.05) is 6.07 Å². The molecule has 9 heteroatoms. The summed E-state index contributed by atoms with van der Waals surface area (Å²) in [5.41, 5.74) is 2.61. The number of nitrogens with zero attached hydrogens (tertiary/aromatic N) is 2. The first-order valence-electron chi connectivity index (χ1n) is 7.76. The predicted molar refractivity (Wildman–Crippen MR) is 99.0 cm³/mol. The Hall–Kier alpha value is -2.19. The predicted octanol–water partition coefficient (Wildman–Crippen LogP) is 4.45. The molecule has 0 spiro atoms. The molecule has 2 heterocycles. The third-order valence-electron chi connectivity index (χ3n) is 4.08. The first kappa shape index (κ1) is 21.1. The van der Waals surface area contributed by atoms with Crippen molar-refractivity contribution in [1.82, 2.24) is 9.97 Å². The lowest BCUT2D eigenvalue weighted by molar-refractivity contribution is -0.139. The second kappa shape index (κ2) is 8.22. The third kappa shape index (κ3) is 4.22. The highest BCUT2D eigenvalue weighted by Crippen LogP contribution is 2.30. The van der Waals surface area contributed by atoms with E-state index < -0.39 is 17.5 Å². The molecule has 144 valence electrons. The van der Waals surface area contributed by atoms with E-state index in [-0.39, 0.29) is 41.4 Å². The van der Waals surface area contributed by atoms with Gasteiger partial charge in [0.05, 0.1) is 23.2 Å². The Labute approximate surface area is 163 Å². The summed E-state index contributed by atoms with van der Waals surface area (Å²) in [5.74, 6) is -3.65. The molecular formula is C18H16ClF3N2O2S. The molecule has 3 aromatic rings. The van der Waals surface area contributed by atoms with Gasteiger partial charge >= 0.3 is 5.97 Å². The van der Waals surface area contributed by atoms with Crippen LogP contribution in [0, 0.1) is 31.3 Å². The van der Waals surface area contributed by atoms with Gasteiger partial charge in [0.1, 0.15) is 11.3 Å². The van der Waals surface area contributed by atoms with E-state index in [1.54, 1.807) is 13.8 Å². The maximum atomic E-state index is 13.9. The summed E-state index contributed by atoms with van der Waals surface area (Å²) in [6.45, 7) is 3.60. The first-order valence-corrected chi connectivity index (χ1v) is 8.57. The third-order valence-corrected chi connectivity index (χ3v) is 5.14. The fourth-order valence-electron chi connectivity index (χ4n) is 2.67. The summed E-state index contributed by atoms with van der Waals surface area (Å²) in [6.07, 6.45) is 0.351. The number of thiazole rings is 1. The van der Waals surface area contributed by atoms with Crippen LogP contribution in [0.5, 0.6) is 0 Å². The molecule has 0 N–H and O–H groups in total. The number of carbonyl (C=O) groups is 1. The standard InChI is InChI=1S/C18H15F3N2O2S.ClH/c1-8-10(4-11(9(2)22-8)6-15(24)25-3)5-14-23-17-16(21)12(19)7-13(20)18(17)26-14;/h4,7H,5-6H2,1-3H3;1H. The van der Waals surface area contributed by atoms with Gasteiger partial charge in [-0.15, -0.1) is 23.7 Å². The molecule has 0 unspecified atom stereocenters. The highest BCUT2D eigenvalue weighted by molar-refractivity contribution is 7.18. The molecule has 0 fully saturated rings. The van der Waals surface area contributed by atoms with Crippen molar-refractivity contribution >= 4 is 39.9 Å². The second-order valence-electron chi connectivity index (χ2n) is 5.85. The summed E-state index contributed by atoms with van der Waals surface area (Å²) >= 11 is 0.967. The number of hydrogen-bond acceptors (Lipinski definition) is 5. The van der Waals surface area contributed by atoms with Gasteiger partial charge in [0.2, 0.25) is 0 Å². The molecule has 4 nitrogen and oxygen atoms in total. The molecule has 3 rings (SSSR count). The Morgan fingerprint density at radius 2 is 1.74 bits per heavy atom. The van der Waals surface area contributed by atoms with Crippen molar-refractivity contribution in [2.75, 3.05) is 7.11 Å². The normalized spacial score (nSPS) is 10.7. The van der Waals surface area contributed by atoms with Crippen LogP contribution in [0.3, 0.4) is 0 Å². The summed E-state index contributed by atoms with van der Waals surface area (Å²) in [5, 5.41) is 0.432. The minimum absolute atomic E-state index is 0. The van der Waals surface area contributed by atoms with Gasteiger partial charge in [-0.25, -0.2) is 18.2 Å². The highest BCUT2D eigenvalue weighted by Gasteiger charge is 2.18. The molecule has 0 aliphatic heterocycles. The van der Waals surface area contributed by atoms with Gasteiger partial charge in [0.15, 0.2) is 11.6 Å². The molecule has 1 aromatic carbocycles. The van der Waals surface area contributed by atoms with Crippen LogP contribution in [-0.4, -0.2) is 23.0 Å². The fraction of sp³-hybridized carbons (Fsp3) is 0.278. The molecular weight excluding hydrogens is 401 g/mol. The summed E-state index contributed by atoms with van der Waals surface area (Å²) in [4.78, 5) is 20.0. The molecule has 0 amide bonds. The smallest absolute Gasteiger partial charge is 0.310 e. The fourth-order valence-corrected chi connectivity index (χ4v) is 3.66. The van der Waals surface area contributed by atoms with E-state index in [4.69, 9.17) is 0 Å². The van der Waals surface area contributed by atoms with E-state index in [2.05, 4.69) is 14.7 Å². The van der Waals surface area contributed by atoms with Crippen LogP contribution in [0.25, 0.3) is 10.2 Å². The summed E-state index contributed by atoms with van der Waals surface area (Å²) in [6, 6.07) is 2.33. The van der Waals surface area contributed by atoms with Gasteiger partial charge < -0.3 is 4.74 Å². The van der Waals surface area contributed by atoms with E-state index in [0.29, 0.717) is 22.3 Å². The monoisotopic (exact) mass is 416 g/mol. The Bertz CT molecular complexity index is 1020. The Kier molecular flexibility index (Phi) is 6.43. The molecule has 2 aromatic heterocycles. The molecule has 0 aliphatic rings. The number of benzene rings is 1. The average Bonchev–Trinajstić information content (AvgIpc) is 3.01. The SMILES string of the molecule is COC(=O)Cc1cc(Cc2nc3c(F)c(F)cc(F)c3s2)c(C)nc1C.Cl. The van der Waals surface area contributed by atoms with Crippen LogP contribution in [0.1, 0.15) is 27.5 Å². The van der Waals surface area contributed by atoms with Crippen molar-refractivity contribution in [2.24, 2.45) is 0 Å². The minimum Gasteiger partial charge on any atom is -0.469 e. The Morgan fingerprint density at radius 1 is 1.07 bits per heavy atom. The Morgan fingerprint density at radius 3 is 2.41 bits per heavy atom. The number of esters is 1. The van der Waals surface area contributed by atoms with Gasteiger partial charge in [-0.1, -0.05) is 6.07 Å². The van der Waals surface area contributed by atoms with E-state index in [9.17, 15) is 18.0 Å². The van der Waals surface area contributed by atoms with Gasteiger partial charge in [-0.2, -0.15) is 0 Å². The number of halogens is 4. The lowest BCUT2D eigenvalue weighted by Gasteiger charge is -2.10. The van der Waals surface area contributed by atoms with Gasteiger partial charge in [0, 0.05) is 23.9 Å². The second-order valence-corrected chi connectivity index (χ2v) is 6.93. The number of pyridine rings is 1.